The summed E-state index contributed by atoms with van der Waals surface area (Å²) in [5, 5.41) is 1.38. The van der Waals surface area contributed by atoms with E-state index in [1.165, 1.54) is 0 Å². The topological polar surface area (TPSA) is 34.9 Å². The van der Waals surface area contributed by atoms with E-state index in [4.69, 9.17) is 16.6 Å². The van der Waals surface area contributed by atoms with Gasteiger partial charge in [-0.25, -0.2) is 4.98 Å². The van der Waals surface area contributed by atoms with Crippen molar-refractivity contribution in [1.82, 2.24) is 9.55 Å². The number of aromatic nitrogens is 2. The Morgan fingerprint density at radius 1 is 1.04 bits per heavy atom. The van der Waals surface area contributed by atoms with E-state index in [9.17, 15) is 4.79 Å². The lowest BCUT2D eigenvalue weighted by atomic mass is 10.1. The van der Waals surface area contributed by atoms with Crippen molar-refractivity contribution < 1.29 is 0 Å². The molecule has 0 saturated heterocycles. The largest absolute Gasteiger partial charge is 0.291 e. The van der Waals surface area contributed by atoms with Crippen LogP contribution in [0.2, 0.25) is 5.02 Å². The molecule has 136 valence electrons. The Morgan fingerprint density at radius 3 is 2.48 bits per heavy atom. The van der Waals surface area contributed by atoms with Crippen molar-refractivity contribution in [3.05, 3.63) is 97.4 Å². The number of halogens is 1. The maximum absolute atomic E-state index is 13.4. The van der Waals surface area contributed by atoms with Crippen LogP contribution in [0.1, 0.15) is 27.4 Å². The van der Waals surface area contributed by atoms with Crippen LogP contribution < -0.4 is 5.56 Å². The zero-order chi connectivity index (χ0) is 19.0. The minimum Gasteiger partial charge on any atom is -0.291 e. The lowest BCUT2D eigenvalue weighted by Crippen LogP contribution is -2.26. The summed E-state index contributed by atoms with van der Waals surface area (Å²) in [6.45, 7) is 4.45. The van der Waals surface area contributed by atoms with Crippen molar-refractivity contribution in [1.29, 1.82) is 0 Å². The first-order valence-corrected chi connectivity index (χ1v) is 10.0. The molecule has 0 spiro atoms. The van der Waals surface area contributed by atoms with Gasteiger partial charge in [-0.3, -0.25) is 9.36 Å². The standard InChI is InChI=1S/C22H19ClN2OS/c1-14-15(2)27-21-20(14)22(26)25(13-17-10-6-7-11-18(17)23)19(24-21)12-16-8-4-3-5-9-16/h3-11H,12-13H2,1-2H3. The monoisotopic (exact) mass is 394 g/mol. The van der Waals surface area contributed by atoms with Gasteiger partial charge in [-0.15, -0.1) is 11.3 Å². The van der Waals surface area contributed by atoms with E-state index in [1.54, 1.807) is 15.9 Å². The second-order valence-corrected chi connectivity index (χ2v) is 8.25. The molecule has 0 aliphatic carbocycles. The van der Waals surface area contributed by atoms with Crippen molar-refractivity contribution in [2.45, 2.75) is 26.8 Å². The van der Waals surface area contributed by atoms with Crippen LogP contribution >= 0.6 is 22.9 Å². The fraction of sp³-hybridized carbons (Fsp3) is 0.182. The number of nitrogens with zero attached hydrogens (tertiary/aromatic N) is 2. The molecule has 3 nitrogen and oxygen atoms in total. The molecule has 0 amide bonds. The molecule has 27 heavy (non-hydrogen) atoms. The molecule has 5 heteroatoms. The number of rotatable bonds is 4. The molecule has 2 aromatic carbocycles. The van der Waals surface area contributed by atoms with Gasteiger partial charge < -0.3 is 0 Å². The summed E-state index contributed by atoms with van der Waals surface area (Å²) >= 11 is 7.94. The molecule has 2 heterocycles. The van der Waals surface area contributed by atoms with Gasteiger partial charge in [0.25, 0.3) is 5.56 Å². The molecule has 0 unspecified atom stereocenters. The lowest BCUT2D eigenvalue weighted by molar-refractivity contribution is 0.694. The molecule has 0 bridgehead atoms. The molecule has 0 aliphatic heterocycles. The molecule has 0 aliphatic rings. The van der Waals surface area contributed by atoms with Gasteiger partial charge in [0.05, 0.1) is 11.9 Å². The molecule has 4 rings (SSSR count). The van der Waals surface area contributed by atoms with Crippen LogP contribution in [0, 0.1) is 13.8 Å². The van der Waals surface area contributed by atoms with E-state index in [0.717, 1.165) is 37.6 Å². The molecule has 2 aromatic heterocycles. The first-order chi connectivity index (χ1) is 13.0. The van der Waals surface area contributed by atoms with Gasteiger partial charge >= 0.3 is 0 Å². The Balaban J connectivity index is 1.91. The van der Waals surface area contributed by atoms with Gasteiger partial charge in [0.2, 0.25) is 0 Å². The van der Waals surface area contributed by atoms with E-state index in [2.05, 4.69) is 12.1 Å². The molecule has 4 aromatic rings. The molecule has 0 radical (unpaired) electrons. The SMILES string of the molecule is Cc1sc2nc(Cc3ccccc3)n(Cc3ccccc3Cl)c(=O)c2c1C. The zero-order valence-electron chi connectivity index (χ0n) is 15.2. The first kappa shape index (κ1) is 18.0. The van der Waals surface area contributed by atoms with Crippen LogP contribution in [0.5, 0.6) is 0 Å². The first-order valence-electron chi connectivity index (χ1n) is 8.81. The van der Waals surface area contributed by atoms with Crippen molar-refractivity contribution in [3.63, 3.8) is 0 Å². The third-order valence-electron chi connectivity index (χ3n) is 4.86. The third kappa shape index (κ3) is 3.43. The second-order valence-electron chi connectivity index (χ2n) is 6.64. The summed E-state index contributed by atoms with van der Waals surface area (Å²) < 4.78 is 1.77. The van der Waals surface area contributed by atoms with Crippen LogP contribution in [-0.4, -0.2) is 9.55 Å². The molecule has 0 atom stereocenters. The van der Waals surface area contributed by atoms with Gasteiger partial charge in [0.15, 0.2) is 0 Å². The fourth-order valence-electron chi connectivity index (χ4n) is 3.24. The number of thiophene rings is 1. The molecule has 0 N–H and O–H groups in total. The van der Waals surface area contributed by atoms with E-state index >= 15 is 0 Å². The molecule has 0 fully saturated rings. The van der Waals surface area contributed by atoms with Crippen LogP contribution in [0.4, 0.5) is 0 Å². The Kier molecular flexibility index (Phi) is 4.85. The summed E-state index contributed by atoms with van der Waals surface area (Å²) in [5.74, 6) is 0.764. The van der Waals surface area contributed by atoms with Crippen molar-refractivity contribution >= 4 is 33.2 Å². The summed E-state index contributed by atoms with van der Waals surface area (Å²) in [6.07, 6.45) is 0.604. The van der Waals surface area contributed by atoms with Crippen LogP contribution in [0.25, 0.3) is 10.2 Å². The average molecular weight is 395 g/mol. The maximum atomic E-state index is 13.4. The summed E-state index contributed by atoms with van der Waals surface area (Å²) in [6, 6.07) is 17.8. The highest BCUT2D eigenvalue weighted by atomic mass is 35.5. The van der Waals surface area contributed by atoms with Crippen molar-refractivity contribution in [2.24, 2.45) is 0 Å². The van der Waals surface area contributed by atoms with Crippen molar-refractivity contribution in [2.75, 3.05) is 0 Å². The number of aryl methyl sites for hydroxylation is 2. The Morgan fingerprint density at radius 2 is 1.74 bits per heavy atom. The van der Waals surface area contributed by atoms with Crippen LogP contribution in [0.15, 0.2) is 59.4 Å². The van der Waals surface area contributed by atoms with E-state index in [1.807, 2.05) is 56.3 Å². The third-order valence-corrected chi connectivity index (χ3v) is 6.33. The zero-order valence-corrected chi connectivity index (χ0v) is 16.8. The predicted octanol–water partition coefficient (Wildman–Crippen LogP) is 5.37. The Hall–Kier alpha value is -2.43. The maximum Gasteiger partial charge on any atom is 0.262 e. The number of benzene rings is 2. The summed E-state index contributed by atoms with van der Waals surface area (Å²) in [4.78, 5) is 20.2. The predicted molar refractivity (Wildman–Crippen MR) is 113 cm³/mol. The van der Waals surface area contributed by atoms with E-state index < -0.39 is 0 Å². The second kappa shape index (κ2) is 7.29. The van der Waals surface area contributed by atoms with Crippen LogP contribution in [-0.2, 0) is 13.0 Å². The minimum absolute atomic E-state index is 0.00713. The van der Waals surface area contributed by atoms with E-state index in [0.29, 0.717) is 18.0 Å². The molecule has 0 saturated carbocycles. The summed E-state index contributed by atoms with van der Waals surface area (Å²) in [5.41, 5.74) is 3.07. The van der Waals surface area contributed by atoms with Gasteiger partial charge in [-0.1, -0.05) is 60.1 Å². The smallest absolute Gasteiger partial charge is 0.262 e. The lowest BCUT2D eigenvalue weighted by Gasteiger charge is -2.14. The van der Waals surface area contributed by atoms with E-state index in [-0.39, 0.29) is 5.56 Å². The highest BCUT2D eigenvalue weighted by Gasteiger charge is 2.17. The number of hydrogen-bond acceptors (Lipinski definition) is 3. The number of hydrogen-bond donors (Lipinski definition) is 0. The quantitative estimate of drug-likeness (QED) is 0.466. The van der Waals surface area contributed by atoms with Crippen LogP contribution in [0.3, 0.4) is 0 Å². The Bertz CT molecular complexity index is 1180. The number of fused-ring (bicyclic) bond motifs is 1. The van der Waals surface area contributed by atoms with Crippen molar-refractivity contribution in [3.8, 4) is 0 Å². The highest BCUT2D eigenvalue weighted by molar-refractivity contribution is 7.18. The fourth-order valence-corrected chi connectivity index (χ4v) is 4.48. The van der Waals surface area contributed by atoms with Gasteiger partial charge in [-0.05, 0) is 36.6 Å². The highest BCUT2D eigenvalue weighted by Crippen LogP contribution is 2.27. The van der Waals surface area contributed by atoms with Gasteiger partial charge in [-0.2, -0.15) is 0 Å². The molecular formula is C22H19ClN2OS. The molecular weight excluding hydrogens is 376 g/mol. The normalized spacial score (nSPS) is 11.2. The minimum atomic E-state index is 0.00713. The van der Waals surface area contributed by atoms with Gasteiger partial charge in [0.1, 0.15) is 10.7 Å². The van der Waals surface area contributed by atoms with Gasteiger partial charge in [0, 0.05) is 16.3 Å². The average Bonchev–Trinajstić information content (AvgIpc) is 2.95. The summed E-state index contributed by atoms with van der Waals surface area (Å²) in [7, 11) is 0. The Labute approximate surface area is 166 Å².